The van der Waals surface area contributed by atoms with Crippen molar-refractivity contribution in [3.05, 3.63) is 65.7 Å². The molecule has 2 aromatic rings. The zero-order valence-corrected chi connectivity index (χ0v) is 46.9. The lowest BCUT2D eigenvalue weighted by Crippen LogP contribution is -2.61. The lowest BCUT2D eigenvalue weighted by Gasteiger charge is -2.28. The topological polar surface area (TPSA) is 386 Å². The molecule has 23 nitrogen and oxygen atoms in total. The Labute approximate surface area is 465 Å². The molecule has 1 aliphatic heterocycles. The maximum absolute atomic E-state index is 14.6. The van der Waals surface area contributed by atoms with E-state index in [1.807, 2.05) is 27.7 Å². The average molecular weight is 1110 g/mol. The average Bonchev–Trinajstić information content (AvgIpc) is 3.39. The van der Waals surface area contributed by atoms with Crippen molar-refractivity contribution in [3.8, 4) is 0 Å². The lowest BCUT2D eigenvalue weighted by atomic mass is 9.99. The Morgan fingerprint density at radius 1 is 0.582 bits per heavy atom. The van der Waals surface area contributed by atoms with E-state index in [1.165, 1.54) is 0 Å². The van der Waals surface area contributed by atoms with Crippen LogP contribution in [0.2, 0.25) is 0 Å². The lowest BCUT2D eigenvalue weighted by molar-refractivity contribution is -0.136. The summed E-state index contributed by atoms with van der Waals surface area (Å²) in [5.41, 5.74) is 25.5. The molecule has 1 saturated heterocycles. The van der Waals surface area contributed by atoms with E-state index in [-0.39, 0.29) is 95.8 Å². The summed E-state index contributed by atoms with van der Waals surface area (Å²) in [7, 11) is 0. The number of nitrogens with two attached hydrogens (primary N) is 4. The second-order valence-corrected chi connectivity index (χ2v) is 21.3. The number of hydrogen-bond acceptors (Lipinski definition) is 14. The number of benzene rings is 2. The highest BCUT2D eigenvalue weighted by molar-refractivity contribution is 5.98. The van der Waals surface area contributed by atoms with Gasteiger partial charge in [-0.25, -0.2) is 0 Å². The first-order valence-corrected chi connectivity index (χ1v) is 28.0. The number of nitrogen functional groups attached to an aromatic ring is 1. The molecule has 0 unspecified atom stereocenters. The van der Waals surface area contributed by atoms with Gasteiger partial charge in [0.05, 0.1) is 12.5 Å². The van der Waals surface area contributed by atoms with Gasteiger partial charge in [-0.05, 0) is 99.7 Å². The van der Waals surface area contributed by atoms with E-state index in [1.54, 1.807) is 54.6 Å². The van der Waals surface area contributed by atoms with Crippen LogP contribution in [-0.2, 0) is 56.0 Å². The Morgan fingerprint density at radius 2 is 1.05 bits per heavy atom. The molecule has 18 N–H and O–H groups in total. The van der Waals surface area contributed by atoms with E-state index >= 15 is 0 Å². The molecule has 0 saturated carbocycles. The molecule has 79 heavy (non-hydrogen) atoms. The number of carbonyl (C=O) groups excluding carboxylic acids is 9. The second-order valence-electron chi connectivity index (χ2n) is 21.3. The summed E-state index contributed by atoms with van der Waals surface area (Å²) in [5.74, 6) is -7.13. The fourth-order valence-electron chi connectivity index (χ4n) is 9.06. The first-order valence-electron chi connectivity index (χ1n) is 28.0. The number of anilines is 1. The molecular weight excluding hydrogens is 1010 g/mol. The minimum atomic E-state index is -1.48. The predicted octanol–water partition coefficient (Wildman–Crippen LogP) is -0.298. The molecule has 9 amide bonds. The quantitative estimate of drug-likeness (QED) is 0.0449. The Hall–Kier alpha value is -6.69. The number of aliphatic hydroxyl groups is 1. The van der Waals surface area contributed by atoms with Crippen LogP contribution in [0.15, 0.2) is 54.6 Å². The summed E-state index contributed by atoms with van der Waals surface area (Å²) in [6.07, 6.45) is 3.48. The molecule has 1 fully saturated rings. The molecule has 0 spiro atoms. The van der Waals surface area contributed by atoms with Gasteiger partial charge in [0.25, 0.3) is 0 Å². The van der Waals surface area contributed by atoms with Gasteiger partial charge < -0.3 is 75.9 Å². The Morgan fingerprint density at radius 3 is 1.57 bits per heavy atom. The Bertz CT molecular complexity index is 2250. The standard InChI is InChI=1S/C56H91N13O10/c1-6-7-8-9-13-16-39(70)33-48(71)62-40(21-25-57)50(73)65-43-24-28-61-49(72)44(29-34(2)3)66-51(74)42(23-27-59)64-55(78)47(32-37-17-19-38(60)20-18-37)69-54(77)45(30-35(4)5)67-56(79)46(31-36-14-11-10-12-15-36)68-52(75)41(22-26-58)63-53(43)76/h10-12,14-15,17-20,34-35,39-47,70H,6-9,13,16,21-33,57-60H2,1-5H3,(H,61,72)(H,62,71)(H,63,76)(H,64,78)(H,65,73)(H,66,74)(H,67,79)(H,68,75)(H,69,77)/t39-,40-,41+,42+,43+,44+,45+,46-,47+/m1/s1. The van der Waals surface area contributed by atoms with E-state index in [0.717, 1.165) is 32.1 Å². The van der Waals surface area contributed by atoms with Gasteiger partial charge in [-0.1, -0.05) is 109 Å². The highest BCUT2D eigenvalue weighted by Crippen LogP contribution is 2.15. The highest BCUT2D eigenvalue weighted by Gasteiger charge is 2.36. The summed E-state index contributed by atoms with van der Waals surface area (Å²) in [6, 6.07) is 4.90. The van der Waals surface area contributed by atoms with Crippen LogP contribution in [-0.4, -0.2) is 139 Å². The largest absolute Gasteiger partial charge is 0.399 e. The molecule has 440 valence electrons. The summed E-state index contributed by atoms with van der Waals surface area (Å²) >= 11 is 0. The van der Waals surface area contributed by atoms with Crippen molar-refractivity contribution in [2.24, 2.45) is 29.0 Å². The highest BCUT2D eigenvalue weighted by atomic mass is 16.3. The number of rotatable bonds is 25. The van der Waals surface area contributed by atoms with Crippen molar-refractivity contribution in [1.82, 2.24) is 47.9 Å². The number of unbranched alkanes of at least 4 members (excludes halogenated alkanes) is 4. The first-order chi connectivity index (χ1) is 37.7. The molecule has 3 rings (SSSR count). The maximum atomic E-state index is 14.6. The van der Waals surface area contributed by atoms with Crippen molar-refractivity contribution >= 4 is 58.9 Å². The molecule has 23 heteroatoms. The minimum absolute atomic E-state index is 0.0480. The fourth-order valence-corrected chi connectivity index (χ4v) is 9.06. The smallest absolute Gasteiger partial charge is 0.243 e. The summed E-state index contributed by atoms with van der Waals surface area (Å²) in [5, 5.41) is 35.1. The fraction of sp³-hybridized carbons (Fsp3) is 0.625. The normalized spacial score (nSPS) is 22.3. The Balaban J connectivity index is 2.13. The van der Waals surface area contributed by atoms with Gasteiger partial charge in [-0.15, -0.1) is 0 Å². The summed E-state index contributed by atoms with van der Waals surface area (Å²) in [4.78, 5) is 128. The first kappa shape index (κ1) is 66.6. The van der Waals surface area contributed by atoms with Gasteiger partial charge in [0, 0.05) is 25.1 Å². The van der Waals surface area contributed by atoms with Crippen LogP contribution in [0.4, 0.5) is 5.69 Å². The van der Waals surface area contributed by atoms with Gasteiger partial charge in [-0.3, -0.25) is 43.2 Å². The van der Waals surface area contributed by atoms with Crippen LogP contribution in [0.3, 0.4) is 0 Å². The van der Waals surface area contributed by atoms with Gasteiger partial charge in [0.2, 0.25) is 53.2 Å². The van der Waals surface area contributed by atoms with Crippen molar-refractivity contribution in [3.63, 3.8) is 0 Å². The van der Waals surface area contributed by atoms with Crippen molar-refractivity contribution < 1.29 is 48.3 Å². The van der Waals surface area contributed by atoms with Gasteiger partial charge in [0.15, 0.2) is 0 Å². The van der Waals surface area contributed by atoms with Crippen molar-refractivity contribution in [2.75, 3.05) is 31.9 Å². The molecule has 1 aliphatic rings. The maximum Gasteiger partial charge on any atom is 0.243 e. The van der Waals surface area contributed by atoms with E-state index in [4.69, 9.17) is 22.9 Å². The second kappa shape index (κ2) is 35.7. The van der Waals surface area contributed by atoms with Crippen LogP contribution in [0.5, 0.6) is 0 Å². The van der Waals surface area contributed by atoms with Crippen LogP contribution < -0.4 is 70.8 Å². The third kappa shape index (κ3) is 24.9. The van der Waals surface area contributed by atoms with Gasteiger partial charge in [0.1, 0.15) is 48.3 Å². The molecule has 0 aromatic heterocycles. The predicted molar refractivity (Wildman–Crippen MR) is 302 cm³/mol. The number of nitrogens with one attached hydrogen (secondary N) is 9. The molecule has 9 atom stereocenters. The summed E-state index contributed by atoms with van der Waals surface area (Å²) < 4.78 is 0. The van der Waals surface area contributed by atoms with Gasteiger partial charge >= 0.3 is 0 Å². The van der Waals surface area contributed by atoms with E-state index in [2.05, 4.69) is 54.8 Å². The van der Waals surface area contributed by atoms with E-state index in [9.17, 15) is 48.3 Å². The van der Waals surface area contributed by atoms with Gasteiger partial charge in [-0.2, -0.15) is 0 Å². The third-order valence-electron chi connectivity index (χ3n) is 13.4. The number of amides is 9. The molecule has 0 radical (unpaired) electrons. The van der Waals surface area contributed by atoms with Crippen molar-refractivity contribution in [1.29, 1.82) is 0 Å². The van der Waals surface area contributed by atoms with Crippen LogP contribution in [0, 0.1) is 11.8 Å². The minimum Gasteiger partial charge on any atom is -0.399 e. The van der Waals surface area contributed by atoms with Crippen LogP contribution in [0.25, 0.3) is 0 Å². The van der Waals surface area contributed by atoms with Crippen LogP contribution in [0.1, 0.15) is 129 Å². The number of carbonyl (C=O) groups is 9. The summed E-state index contributed by atoms with van der Waals surface area (Å²) in [6.45, 7) is 8.95. The van der Waals surface area contributed by atoms with E-state index < -0.39 is 108 Å². The zero-order valence-electron chi connectivity index (χ0n) is 46.9. The monoisotopic (exact) mass is 1110 g/mol. The number of aliphatic hydroxyl groups excluding tert-OH is 1. The molecule has 2 aromatic carbocycles. The number of hydrogen-bond donors (Lipinski definition) is 14. The SMILES string of the molecule is CCCCCCC[C@@H](O)CC(=O)N[C@H](CCN)C(=O)N[C@H]1CCNC(=O)[C@H](CC(C)C)NC(=O)[C@H](CCN)NC(=O)[C@H](Cc2ccc(N)cc2)NC(=O)[C@H](CC(C)C)NC(=O)[C@@H](Cc2ccccc2)NC(=O)[C@H](CCN)NC1=O. The molecular formula is C56H91N13O10. The molecule has 0 aliphatic carbocycles. The third-order valence-corrected chi connectivity index (χ3v) is 13.4. The Kier molecular flexibility index (Phi) is 30.1. The van der Waals surface area contributed by atoms with Crippen molar-refractivity contribution in [2.45, 2.75) is 185 Å². The molecule has 1 heterocycles. The van der Waals surface area contributed by atoms with E-state index in [0.29, 0.717) is 23.2 Å². The van der Waals surface area contributed by atoms with Crippen LogP contribution >= 0.6 is 0 Å². The molecule has 0 bridgehead atoms. The zero-order chi connectivity index (χ0) is 58.4.